The monoisotopic (exact) mass is 441 g/mol. The lowest BCUT2D eigenvalue weighted by Crippen LogP contribution is -2.35. The molecule has 0 aliphatic carbocycles. The zero-order chi connectivity index (χ0) is 22.2. The van der Waals surface area contributed by atoms with Crippen molar-refractivity contribution in [3.8, 4) is 22.4 Å². The maximum absolute atomic E-state index is 12.4. The molecule has 4 aromatic rings. The van der Waals surface area contributed by atoms with E-state index in [1.165, 1.54) is 6.42 Å². The molecule has 5 N–H and O–H groups in total. The molecule has 1 amide bonds. The number of imidazole rings is 1. The summed E-state index contributed by atoms with van der Waals surface area (Å²) < 4.78 is 0. The first-order chi connectivity index (χ1) is 16.2. The number of aromatic nitrogens is 4. The Hall–Kier alpha value is -3.49. The molecule has 0 spiro atoms. The van der Waals surface area contributed by atoms with Gasteiger partial charge in [-0.05, 0) is 67.6 Å². The normalized spacial score (nSPS) is 20.5. The van der Waals surface area contributed by atoms with Crippen LogP contribution in [0.25, 0.3) is 33.3 Å². The second-order valence-electron chi connectivity index (χ2n) is 8.88. The van der Waals surface area contributed by atoms with Crippen LogP contribution in [0, 0.1) is 0 Å². The predicted molar refractivity (Wildman–Crippen MR) is 129 cm³/mol. The minimum absolute atomic E-state index is 0.0220. The van der Waals surface area contributed by atoms with E-state index < -0.39 is 0 Å². The van der Waals surface area contributed by atoms with E-state index in [1.807, 2.05) is 12.3 Å². The molecule has 0 bridgehead atoms. The Kier molecular flexibility index (Phi) is 5.16. The van der Waals surface area contributed by atoms with Gasteiger partial charge in [-0.1, -0.05) is 30.3 Å². The van der Waals surface area contributed by atoms with E-state index in [4.69, 9.17) is 0 Å². The van der Waals surface area contributed by atoms with Crippen molar-refractivity contribution in [2.24, 2.45) is 0 Å². The zero-order valence-corrected chi connectivity index (χ0v) is 18.3. The molecule has 2 atom stereocenters. The minimum atomic E-state index is -0.130. The maximum Gasteiger partial charge on any atom is 0.242 e. The van der Waals surface area contributed by atoms with Crippen LogP contribution in [-0.2, 0) is 4.79 Å². The molecule has 0 radical (unpaired) electrons. The molecule has 2 aliphatic heterocycles. The molecule has 168 valence electrons. The molecule has 2 saturated heterocycles. The van der Waals surface area contributed by atoms with Gasteiger partial charge in [-0.3, -0.25) is 9.89 Å². The van der Waals surface area contributed by atoms with Gasteiger partial charge in [0.25, 0.3) is 0 Å². The molecule has 2 aromatic heterocycles. The number of rotatable bonds is 5. The number of aromatic amines is 2. The molecule has 8 heteroatoms. The Morgan fingerprint density at radius 2 is 1.73 bits per heavy atom. The van der Waals surface area contributed by atoms with E-state index in [0.29, 0.717) is 11.9 Å². The minimum Gasteiger partial charge on any atom is -0.341 e. The predicted octanol–water partition coefficient (Wildman–Crippen LogP) is 3.74. The molecule has 33 heavy (non-hydrogen) atoms. The van der Waals surface area contributed by atoms with Crippen molar-refractivity contribution in [2.45, 2.75) is 37.8 Å². The van der Waals surface area contributed by atoms with E-state index in [0.717, 1.165) is 71.5 Å². The fourth-order valence-electron chi connectivity index (χ4n) is 4.83. The summed E-state index contributed by atoms with van der Waals surface area (Å²) >= 11 is 0. The lowest BCUT2D eigenvalue weighted by molar-refractivity contribution is -0.117. The van der Waals surface area contributed by atoms with Crippen molar-refractivity contribution in [3.63, 3.8) is 0 Å². The summed E-state index contributed by atoms with van der Waals surface area (Å²) in [6, 6.07) is 14.8. The third kappa shape index (κ3) is 3.92. The highest BCUT2D eigenvalue weighted by atomic mass is 16.2. The lowest BCUT2D eigenvalue weighted by atomic mass is 10.0. The summed E-state index contributed by atoms with van der Waals surface area (Å²) in [7, 11) is 0. The Bertz CT molecular complexity index is 1280. The third-order valence-electron chi connectivity index (χ3n) is 6.70. The van der Waals surface area contributed by atoms with Crippen LogP contribution in [0.15, 0.2) is 48.7 Å². The summed E-state index contributed by atoms with van der Waals surface area (Å²) in [5.74, 6) is 1.58. The summed E-state index contributed by atoms with van der Waals surface area (Å²) in [5, 5.41) is 18.0. The number of carbonyl (C=O) groups excluding carboxylic acids is 1. The highest BCUT2D eigenvalue weighted by Crippen LogP contribution is 2.30. The van der Waals surface area contributed by atoms with E-state index in [-0.39, 0.29) is 11.9 Å². The number of nitrogens with one attached hydrogen (secondary N) is 5. The van der Waals surface area contributed by atoms with Gasteiger partial charge in [-0.15, -0.1) is 0 Å². The largest absolute Gasteiger partial charge is 0.341 e. The smallest absolute Gasteiger partial charge is 0.242 e. The van der Waals surface area contributed by atoms with Gasteiger partial charge in [0, 0.05) is 5.39 Å². The van der Waals surface area contributed by atoms with E-state index in [9.17, 15) is 4.79 Å². The SMILES string of the molecule is O=C(Nc1n[nH]c2cc(-c3ccc(-c4cnc([C@@H]5CCCN5)[nH]4)cc3)ccc12)C1CCCN1. The van der Waals surface area contributed by atoms with Gasteiger partial charge in [0.1, 0.15) is 5.82 Å². The topological polar surface area (TPSA) is 111 Å². The van der Waals surface area contributed by atoms with Gasteiger partial charge >= 0.3 is 0 Å². The Labute approximate surface area is 191 Å². The fraction of sp³-hybridized carbons (Fsp3) is 0.320. The van der Waals surface area contributed by atoms with Crippen LogP contribution in [0.5, 0.6) is 0 Å². The van der Waals surface area contributed by atoms with Crippen molar-refractivity contribution < 1.29 is 4.79 Å². The molecule has 6 rings (SSSR count). The number of fused-ring (bicyclic) bond motifs is 1. The summed E-state index contributed by atoms with van der Waals surface area (Å²) in [4.78, 5) is 20.5. The Balaban J connectivity index is 1.20. The van der Waals surface area contributed by atoms with Crippen LogP contribution in [0.1, 0.15) is 37.5 Å². The first-order valence-corrected chi connectivity index (χ1v) is 11.7. The average Bonchev–Trinajstić information content (AvgIpc) is 3.66. The summed E-state index contributed by atoms with van der Waals surface area (Å²) in [6.45, 7) is 1.95. The number of nitrogens with zero attached hydrogens (tertiary/aromatic N) is 2. The molecule has 2 aliphatic rings. The molecule has 0 saturated carbocycles. The fourth-order valence-corrected chi connectivity index (χ4v) is 4.83. The number of hydrogen-bond acceptors (Lipinski definition) is 5. The molecule has 8 nitrogen and oxygen atoms in total. The summed E-state index contributed by atoms with van der Waals surface area (Å²) in [5.41, 5.74) is 5.25. The van der Waals surface area contributed by atoms with Gasteiger partial charge in [-0.25, -0.2) is 4.98 Å². The number of hydrogen-bond donors (Lipinski definition) is 5. The second-order valence-corrected chi connectivity index (χ2v) is 8.88. The standard InChI is InChI=1S/C25H27N7O/c33-25(20-4-2-12-27-20)30-23-18-10-9-17(13-21(18)31-32-23)15-5-7-16(8-6-15)22-14-28-24(29-22)19-3-1-11-26-19/h5-10,13-14,19-20,26-27H,1-4,11-12H2,(H,28,29)(H2,30,31,32,33)/t19-,20?/m0/s1. The van der Waals surface area contributed by atoms with Crippen LogP contribution in [0.3, 0.4) is 0 Å². The molecule has 1 unspecified atom stereocenters. The number of anilines is 1. The molecular weight excluding hydrogens is 414 g/mol. The first-order valence-electron chi connectivity index (χ1n) is 11.7. The quantitative estimate of drug-likeness (QED) is 0.324. The number of amides is 1. The first kappa shape index (κ1) is 20.1. The Morgan fingerprint density at radius 3 is 2.52 bits per heavy atom. The van der Waals surface area contributed by atoms with E-state index in [1.54, 1.807) is 0 Å². The highest BCUT2D eigenvalue weighted by molar-refractivity contribution is 6.02. The maximum atomic E-state index is 12.4. The van der Waals surface area contributed by atoms with Crippen LogP contribution >= 0.6 is 0 Å². The van der Waals surface area contributed by atoms with Crippen LogP contribution in [0.4, 0.5) is 5.82 Å². The van der Waals surface area contributed by atoms with Crippen LogP contribution in [0.2, 0.25) is 0 Å². The van der Waals surface area contributed by atoms with Crippen molar-refractivity contribution in [2.75, 3.05) is 18.4 Å². The van der Waals surface area contributed by atoms with Crippen molar-refractivity contribution >= 4 is 22.6 Å². The number of carbonyl (C=O) groups is 1. The van der Waals surface area contributed by atoms with Crippen molar-refractivity contribution in [1.82, 2.24) is 30.8 Å². The van der Waals surface area contributed by atoms with Crippen molar-refractivity contribution in [3.05, 3.63) is 54.5 Å². The highest BCUT2D eigenvalue weighted by Gasteiger charge is 2.23. The molecule has 2 fully saturated rings. The molecule has 4 heterocycles. The van der Waals surface area contributed by atoms with Gasteiger partial charge in [-0.2, -0.15) is 5.10 Å². The number of H-pyrrole nitrogens is 2. The van der Waals surface area contributed by atoms with Crippen LogP contribution < -0.4 is 16.0 Å². The second kappa shape index (κ2) is 8.46. The van der Waals surface area contributed by atoms with Crippen LogP contribution in [-0.4, -0.2) is 45.2 Å². The van der Waals surface area contributed by atoms with E-state index >= 15 is 0 Å². The van der Waals surface area contributed by atoms with E-state index in [2.05, 4.69) is 72.5 Å². The van der Waals surface area contributed by atoms with Gasteiger partial charge in [0.15, 0.2) is 5.82 Å². The average molecular weight is 442 g/mol. The lowest BCUT2D eigenvalue weighted by Gasteiger charge is -2.09. The number of benzene rings is 2. The summed E-state index contributed by atoms with van der Waals surface area (Å²) in [6.07, 6.45) is 6.14. The van der Waals surface area contributed by atoms with Crippen molar-refractivity contribution in [1.29, 1.82) is 0 Å². The molecular formula is C25H27N7O. The van der Waals surface area contributed by atoms with Gasteiger partial charge in [0.2, 0.25) is 5.91 Å². The van der Waals surface area contributed by atoms with Gasteiger partial charge in [0.05, 0.1) is 29.5 Å². The van der Waals surface area contributed by atoms with Gasteiger partial charge < -0.3 is 20.9 Å². The third-order valence-corrected chi connectivity index (χ3v) is 6.70. The Morgan fingerprint density at radius 1 is 0.939 bits per heavy atom. The zero-order valence-electron chi connectivity index (χ0n) is 18.3. The molecule has 2 aromatic carbocycles.